The number of nitrogens with one attached hydrogen (secondary N) is 1. The second-order valence-corrected chi connectivity index (χ2v) is 4.20. The van der Waals surface area contributed by atoms with Gasteiger partial charge in [-0.1, -0.05) is 6.42 Å². The summed E-state index contributed by atoms with van der Waals surface area (Å²) < 4.78 is 1.81. The zero-order valence-corrected chi connectivity index (χ0v) is 9.07. The Morgan fingerprint density at radius 1 is 1.67 bits per heavy atom. The minimum absolute atomic E-state index is 0.148. The number of aryl methyl sites for hydroxylation is 1. The Kier molecular flexibility index (Phi) is 3.16. The van der Waals surface area contributed by atoms with Gasteiger partial charge in [-0.15, -0.1) is 0 Å². The maximum absolute atomic E-state index is 11.8. The molecular weight excluding hydrogens is 190 g/mol. The molecule has 0 spiro atoms. The third-order valence-electron chi connectivity index (χ3n) is 2.83. The lowest BCUT2D eigenvalue weighted by Crippen LogP contribution is -2.35. The van der Waals surface area contributed by atoms with Crippen molar-refractivity contribution in [3.63, 3.8) is 0 Å². The van der Waals surface area contributed by atoms with Gasteiger partial charge in [0.2, 0.25) is 0 Å². The van der Waals surface area contributed by atoms with Crippen LogP contribution in [0, 0.1) is 0 Å². The molecule has 1 fully saturated rings. The van der Waals surface area contributed by atoms with Gasteiger partial charge in [-0.2, -0.15) is 0 Å². The molecule has 0 aliphatic carbocycles. The molecule has 1 N–H and O–H groups in total. The number of carbonyl (C=O) groups is 1. The molecule has 2 rings (SSSR count). The van der Waals surface area contributed by atoms with E-state index in [0.717, 1.165) is 13.0 Å². The van der Waals surface area contributed by atoms with Crippen molar-refractivity contribution < 1.29 is 4.79 Å². The second-order valence-electron chi connectivity index (χ2n) is 4.20. The Balaban J connectivity index is 1.91. The highest BCUT2D eigenvalue weighted by molar-refractivity contribution is 5.94. The summed E-state index contributed by atoms with van der Waals surface area (Å²) in [5, 5.41) is 3.37. The molecule has 1 atom stereocenters. The van der Waals surface area contributed by atoms with Gasteiger partial charge >= 0.3 is 0 Å². The fraction of sp³-hybridized carbons (Fsp3) is 0.636. The van der Waals surface area contributed by atoms with Gasteiger partial charge < -0.3 is 9.88 Å². The first-order chi connectivity index (χ1) is 7.25. The number of ketones is 1. The number of nitrogens with zero attached hydrogens (tertiary/aromatic N) is 2. The number of piperidine rings is 1. The van der Waals surface area contributed by atoms with Crippen LogP contribution in [0.4, 0.5) is 0 Å². The van der Waals surface area contributed by atoms with Gasteiger partial charge in [-0.3, -0.25) is 4.79 Å². The molecule has 15 heavy (non-hydrogen) atoms. The van der Waals surface area contributed by atoms with E-state index in [1.165, 1.54) is 12.8 Å². The predicted molar refractivity (Wildman–Crippen MR) is 57.8 cm³/mol. The van der Waals surface area contributed by atoms with Crippen LogP contribution in [0.25, 0.3) is 0 Å². The summed E-state index contributed by atoms with van der Waals surface area (Å²) in [6.45, 7) is 1.04. The van der Waals surface area contributed by atoms with Crippen molar-refractivity contribution >= 4 is 5.78 Å². The molecule has 0 radical (unpaired) electrons. The maximum Gasteiger partial charge on any atom is 0.184 e. The molecule has 1 unspecified atom stereocenters. The van der Waals surface area contributed by atoms with Crippen molar-refractivity contribution in [1.29, 1.82) is 0 Å². The van der Waals surface area contributed by atoms with E-state index in [1.807, 2.05) is 11.6 Å². The van der Waals surface area contributed by atoms with Crippen LogP contribution in [0.1, 0.15) is 36.2 Å². The average Bonchev–Trinajstić information content (AvgIpc) is 2.66. The largest absolute Gasteiger partial charge is 0.340 e. The normalized spacial score (nSPS) is 21.5. The maximum atomic E-state index is 11.8. The van der Waals surface area contributed by atoms with Gasteiger partial charge in [0, 0.05) is 25.7 Å². The van der Waals surface area contributed by atoms with E-state index in [1.54, 1.807) is 12.5 Å². The summed E-state index contributed by atoms with van der Waals surface area (Å²) in [4.78, 5) is 15.9. The van der Waals surface area contributed by atoms with Crippen molar-refractivity contribution in [2.75, 3.05) is 6.54 Å². The quantitative estimate of drug-likeness (QED) is 0.756. The molecule has 0 amide bonds. The van der Waals surface area contributed by atoms with Gasteiger partial charge in [0.15, 0.2) is 5.78 Å². The minimum Gasteiger partial charge on any atom is -0.340 e. The summed E-state index contributed by atoms with van der Waals surface area (Å²) >= 11 is 0. The molecular formula is C11H17N3O. The highest BCUT2D eigenvalue weighted by Gasteiger charge is 2.18. The van der Waals surface area contributed by atoms with Gasteiger partial charge in [0.25, 0.3) is 0 Å². The van der Waals surface area contributed by atoms with E-state index in [-0.39, 0.29) is 5.78 Å². The van der Waals surface area contributed by atoms with Gasteiger partial charge in [-0.05, 0) is 19.4 Å². The molecule has 0 saturated carbocycles. The van der Waals surface area contributed by atoms with Crippen molar-refractivity contribution in [3.05, 3.63) is 18.2 Å². The summed E-state index contributed by atoms with van der Waals surface area (Å²) in [7, 11) is 1.88. The summed E-state index contributed by atoms with van der Waals surface area (Å²) in [6.07, 6.45) is 7.60. The van der Waals surface area contributed by atoms with Crippen molar-refractivity contribution in [2.24, 2.45) is 7.05 Å². The molecule has 1 aliphatic rings. The van der Waals surface area contributed by atoms with Crippen LogP contribution in [0.3, 0.4) is 0 Å². The third kappa shape index (κ3) is 2.65. The number of hydrogen-bond donors (Lipinski definition) is 1. The van der Waals surface area contributed by atoms with Crippen molar-refractivity contribution in [2.45, 2.75) is 31.7 Å². The monoisotopic (exact) mass is 207 g/mol. The van der Waals surface area contributed by atoms with E-state index >= 15 is 0 Å². The van der Waals surface area contributed by atoms with Crippen LogP contribution in [-0.2, 0) is 7.05 Å². The Hall–Kier alpha value is -1.16. The fourth-order valence-electron chi connectivity index (χ4n) is 1.98. The third-order valence-corrected chi connectivity index (χ3v) is 2.83. The lowest BCUT2D eigenvalue weighted by molar-refractivity contribution is 0.0959. The second kappa shape index (κ2) is 4.57. The summed E-state index contributed by atoms with van der Waals surface area (Å²) in [5.41, 5.74) is 0.588. The van der Waals surface area contributed by atoms with Crippen LogP contribution in [-0.4, -0.2) is 27.9 Å². The number of aromatic nitrogens is 2. The Morgan fingerprint density at radius 3 is 3.13 bits per heavy atom. The number of Topliss-reactive ketones (excluding diaryl/α,β-unsaturated/α-hetero) is 1. The molecule has 0 aromatic carbocycles. The Bertz CT molecular complexity index is 339. The lowest BCUT2D eigenvalue weighted by atomic mass is 9.99. The smallest absolute Gasteiger partial charge is 0.184 e. The Morgan fingerprint density at radius 2 is 2.53 bits per heavy atom. The SMILES string of the molecule is Cn1cnc(C(=O)CC2CCCCN2)c1. The number of imidazole rings is 1. The molecule has 4 heteroatoms. The molecule has 82 valence electrons. The van der Waals surface area contributed by atoms with Crippen LogP contribution >= 0.6 is 0 Å². The highest BCUT2D eigenvalue weighted by atomic mass is 16.1. The Labute approximate surface area is 89.7 Å². The molecule has 1 aliphatic heterocycles. The van der Waals surface area contributed by atoms with E-state index in [0.29, 0.717) is 18.2 Å². The van der Waals surface area contributed by atoms with E-state index in [2.05, 4.69) is 10.3 Å². The first-order valence-electron chi connectivity index (χ1n) is 5.50. The van der Waals surface area contributed by atoms with Crippen molar-refractivity contribution in [1.82, 2.24) is 14.9 Å². The minimum atomic E-state index is 0.148. The number of carbonyl (C=O) groups excluding carboxylic acids is 1. The average molecular weight is 207 g/mol. The standard InChI is InChI=1S/C11H17N3O/c1-14-7-10(13-8-14)11(15)6-9-4-2-3-5-12-9/h7-9,12H,2-6H2,1H3. The van der Waals surface area contributed by atoms with E-state index in [4.69, 9.17) is 0 Å². The molecule has 1 aromatic rings. The van der Waals surface area contributed by atoms with Crippen LogP contribution in [0.15, 0.2) is 12.5 Å². The molecule has 2 heterocycles. The molecule has 0 bridgehead atoms. The molecule has 4 nitrogen and oxygen atoms in total. The van der Waals surface area contributed by atoms with E-state index in [9.17, 15) is 4.79 Å². The number of hydrogen-bond acceptors (Lipinski definition) is 3. The van der Waals surface area contributed by atoms with Crippen LogP contribution in [0.2, 0.25) is 0 Å². The lowest BCUT2D eigenvalue weighted by Gasteiger charge is -2.22. The molecule has 1 aromatic heterocycles. The van der Waals surface area contributed by atoms with Crippen LogP contribution in [0.5, 0.6) is 0 Å². The van der Waals surface area contributed by atoms with Gasteiger partial charge in [0.05, 0.1) is 6.33 Å². The fourth-order valence-corrected chi connectivity index (χ4v) is 1.98. The molecule has 1 saturated heterocycles. The van der Waals surface area contributed by atoms with Gasteiger partial charge in [0.1, 0.15) is 5.69 Å². The number of rotatable bonds is 3. The van der Waals surface area contributed by atoms with Crippen molar-refractivity contribution in [3.8, 4) is 0 Å². The topological polar surface area (TPSA) is 46.9 Å². The first kappa shape index (κ1) is 10.4. The first-order valence-corrected chi connectivity index (χ1v) is 5.50. The van der Waals surface area contributed by atoms with Gasteiger partial charge in [-0.25, -0.2) is 4.98 Å². The summed E-state index contributed by atoms with van der Waals surface area (Å²) in [6, 6.07) is 0.355. The predicted octanol–water partition coefficient (Wildman–Crippen LogP) is 1.13. The van der Waals surface area contributed by atoms with E-state index < -0.39 is 0 Å². The summed E-state index contributed by atoms with van der Waals surface area (Å²) in [5.74, 6) is 0.148. The highest BCUT2D eigenvalue weighted by Crippen LogP contribution is 2.12. The zero-order valence-electron chi connectivity index (χ0n) is 9.07. The zero-order chi connectivity index (χ0) is 10.7. The van der Waals surface area contributed by atoms with Crippen LogP contribution < -0.4 is 5.32 Å².